The van der Waals surface area contributed by atoms with Crippen LogP contribution in [0.4, 0.5) is 10.1 Å². The summed E-state index contributed by atoms with van der Waals surface area (Å²) in [5, 5.41) is 9.36. The van der Waals surface area contributed by atoms with Crippen molar-refractivity contribution < 1.29 is 14.1 Å². The molecule has 0 unspecified atom stereocenters. The van der Waals surface area contributed by atoms with Gasteiger partial charge in [0.2, 0.25) is 0 Å². The quantitative estimate of drug-likeness (QED) is 0.468. The minimum Gasteiger partial charge on any atom is -0.423 e. The maximum absolute atomic E-state index is 13.4. The Hall–Kier alpha value is -0.775. The molecule has 0 aliphatic carbocycles. The van der Waals surface area contributed by atoms with Gasteiger partial charge in [0.1, 0.15) is 5.82 Å². The maximum Gasteiger partial charge on any atom is 0.494 e. The molecule has 0 spiro atoms. The van der Waals surface area contributed by atoms with E-state index in [0.717, 1.165) is 0 Å². The molecule has 0 saturated carbocycles. The molecule has 3 N–H and O–H groups in total. The van der Waals surface area contributed by atoms with Crippen molar-refractivity contribution in [2.75, 3.05) is 5.73 Å². The Morgan fingerprint density at radius 1 is 1.69 bits per heavy atom. The molecular formula is C7H6BClFNO2. The molecule has 2 rings (SSSR count). The summed E-state index contributed by atoms with van der Waals surface area (Å²) in [6.07, 6.45) is 0. The summed E-state index contributed by atoms with van der Waals surface area (Å²) in [4.78, 5) is 0. The average Bonchev–Trinajstić information content (AvgIpc) is 2.43. The summed E-state index contributed by atoms with van der Waals surface area (Å²) >= 11 is 5.64. The number of anilines is 1. The number of nitrogen functional groups attached to an aromatic ring is 1. The molecule has 1 aromatic carbocycles. The van der Waals surface area contributed by atoms with Crippen LogP contribution in [-0.2, 0) is 11.3 Å². The predicted molar refractivity (Wildman–Crippen MR) is 48.2 cm³/mol. The zero-order valence-corrected chi connectivity index (χ0v) is 7.31. The van der Waals surface area contributed by atoms with Crippen molar-refractivity contribution in [3.05, 3.63) is 22.5 Å². The summed E-state index contributed by atoms with van der Waals surface area (Å²) in [5.41, 5.74) is 5.84. The zero-order valence-electron chi connectivity index (χ0n) is 6.55. The molecule has 0 aromatic heterocycles. The largest absolute Gasteiger partial charge is 0.494 e. The lowest BCUT2D eigenvalue weighted by Gasteiger charge is -2.05. The monoisotopic (exact) mass is 201 g/mol. The third-order valence-corrected chi connectivity index (χ3v) is 2.33. The van der Waals surface area contributed by atoms with Gasteiger partial charge in [-0.1, -0.05) is 11.6 Å². The molecule has 6 heteroatoms. The molecule has 0 radical (unpaired) electrons. The minimum atomic E-state index is -1.23. The molecule has 1 aliphatic heterocycles. The third kappa shape index (κ3) is 1.20. The first-order valence-corrected chi connectivity index (χ1v) is 4.05. The Morgan fingerprint density at radius 2 is 2.38 bits per heavy atom. The van der Waals surface area contributed by atoms with Crippen molar-refractivity contribution >= 4 is 29.9 Å². The van der Waals surface area contributed by atoms with E-state index in [1.807, 2.05) is 0 Å². The number of rotatable bonds is 0. The second kappa shape index (κ2) is 2.87. The van der Waals surface area contributed by atoms with Crippen LogP contribution in [0.5, 0.6) is 0 Å². The number of halogens is 2. The highest BCUT2D eigenvalue weighted by molar-refractivity contribution is 6.62. The highest BCUT2D eigenvalue weighted by atomic mass is 35.5. The Kier molecular flexibility index (Phi) is 1.94. The molecule has 0 saturated heterocycles. The number of benzene rings is 1. The summed E-state index contributed by atoms with van der Waals surface area (Å²) in [7, 11) is -1.23. The van der Waals surface area contributed by atoms with E-state index < -0.39 is 12.9 Å². The van der Waals surface area contributed by atoms with Crippen molar-refractivity contribution in [2.45, 2.75) is 6.61 Å². The van der Waals surface area contributed by atoms with E-state index in [2.05, 4.69) is 0 Å². The molecule has 0 bridgehead atoms. The molecule has 0 atom stereocenters. The Bertz CT molecular complexity index is 374. The number of nitrogens with two attached hydrogens (primary N) is 1. The summed E-state index contributed by atoms with van der Waals surface area (Å²) < 4.78 is 18.2. The first kappa shape index (κ1) is 8.81. The molecule has 68 valence electrons. The zero-order chi connectivity index (χ0) is 9.59. The topological polar surface area (TPSA) is 55.5 Å². The van der Waals surface area contributed by atoms with E-state index in [4.69, 9.17) is 22.0 Å². The Labute approximate surface area is 79.4 Å². The first-order chi connectivity index (χ1) is 6.11. The van der Waals surface area contributed by atoms with Crippen molar-refractivity contribution in [1.82, 2.24) is 0 Å². The molecule has 1 aromatic rings. The smallest absolute Gasteiger partial charge is 0.423 e. The van der Waals surface area contributed by atoms with E-state index in [-0.39, 0.29) is 22.8 Å². The fourth-order valence-corrected chi connectivity index (χ4v) is 1.55. The molecule has 13 heavy (non-hydrogen) atoms. The highest BCUT2D eigenvalue weighted by Crippen LogP contribution is 2.25. The molecular weight excluding hydrogens is 195 g/mol. The van der Waals surface area contributed by atoms with Crippen molar-refractivity contribution in [2.24, 2.45) is 0 Å². The van der Waals surface area contributed by atoms with Crippen LogP contribution in [0.2, 0.25) is 5.02 Å². The van der Waals surface area contributed by atoms with Gasteiger partial charge in [-0.25, -0.2) is 4.39 Å². The average molecular weight is 201 g/mol. The second-order valence-corrected chi connectivity index (χ2v) is 3.23. The van der Waals surface area contributed by atoms with Gasteiger partial charge in [-0.3, -0.25) is 0 Å². The van der Waals surface area contributed by atoms with Crippen molar-refractivity contribution in [3.8, 4) is 0 Å². The Morgan fingerprint density at radius 3 is 3.08 bits per heavy atom. The lowest BCUT2D eigenvalue weighted by molar-refractivity contribution is 0.275. The van der Waals surface area contributed by atoms with E-state index in [0.29, 0.717) is 5.56 Å². The fourth-order valence-electron chi connectivity index (χ4n) is 1.34. The van der Waals surface area contributed by atoms with Crippen molar-refractivity contribution in [3.63, 3.8) is 0 Å². The van der Waals surface area contributed by atoms with Gasteiger partial charge in [0.15, 0.2) is 0 Å². The summed E-state index contributed by atoms with van der Waals surface area (Å²) in [6, 6.07) is 1.51. The van der Waals surface area contributed by atoms with Crippen LogP contribution in [0.1, 0.15) is 5.56 Å². The van der Waals surface area contributed by atoms with Gasteiger partial charge in [-0.15, -0.1) is 0 Å². The van der Waals surface area contributed by atoms with E-state index in [1.165, 1.54) is 6.07 Å². The number of fused-ring (bicyclic) bond motifs is 1. The SMILES string of the molecule is Nc1c(Cl)cc2c(c1F)B(O)OC2. The van der Waals surface area contributed by atoms with E-state index in [1.54, 1.807) is 0 Å². The molecule has 3 nitrogen and oxygen atoms in total. The van der Waals surface area contributed by atoms with E-state index >= 15 is 0 Å². The van der Waals surface area contributed by atoms with Crippen LogP contribution in [0.25, 0.3) is 0 Å². The van der Waals surface area contributed by atoms with Crippen LogP contribution >= 0.6 is 11.6 Å². The first-order valence-electron chi connectivity index (χ1n) is 3.67. The third-order valence-electron chi connectivity index (χ3n) is 2.02. The van der Waals surface area contributed by atoms with Gasteiger partial charge in [0.25, 0.3) is 0 Å². The molecule has 1 aliphatic rings. The van der Waals surface area contributed by atoms with Gasteiger partial charge in [0.05, 0.1) is 17.3 Å². The minimum absolute atomic E-state index is 0.0990. The lowest BCUT2D eigenvalue weighted by atomic mass is 9.79. The van der Waals surface area contributed by atoms with Gasteiger partial charge < -0.3 is 15.4 Å². The van der Waals surface area contributed by atoms with Crippen LogP contribution in [0.15, 0.2) is 6.07 Å². The normalized spacial score (nSPS) is 14.8. The summed E-state index contributed by atoms with van der Waals surface area (Å²) in [6.45, 7) is 0.160. The van der Waals surface area contributed by atoms with Crippen LogP contribution in [-0.4, -0.2) is 12.1 Å². The molecule has 0 fully saturated rings. The maximum atomic E-state index is 13.4. The standard InChI is InChI=1S/C7H6BClFNO2/c9-4-1-3-2-13-8(12)5(3)6(10)7(4)11/h1,12H,2,11H2. The Balaban J connectivity index is 2.68. The molecule has 0 amide bonds. The van der Waals surface area contributed by atoms with E-state index in [9.17, 15) is 9.41 Å². The van der Waals surface area contributed by atoms with Crippen molar-refractivity contribution in [1.29, 1.82) is 0 Å². The lowest BCUT2D eigenvalue weighted by Crippen LogP contribution is -2.31. The predicted octanol–water partition coefficient (Wildman–Crippen LogP) is 0.279. The van der Waals surface area contributed by atoms with Gasteiger partial charge in [0, 0.05) is 5.46 Å². The van der Waals surface area contributed by atoms with Crippen LogP contribution < -0.4 is 11.2 Å². The number of hydrogen-bond donors (Lipinski definition) is 2. The van der Waals surface area contributed by atoms with Gasteiger partial charge in [-0.05, 0) is 11.6 Å². The van der Waals surface area contributed by atoms with Crippen LogP contribution in [0, 0.1) is 5.82 Å². The van der Waals surface area contributed by atoms with Crippen LogP contribution in [0.3, 0.4) is 0 Å². The fraction of sp³-hybridized carbons (Fsp3) is 0.143. The van der Waals surface area contributed by atoms with Gasteiger partial charge in [-0.2, -0.15) is 0 Å². The number of hydrogen-bond acceptors (Lipinski definition) is 3. The molecule has 1 heterocycles. The summed E-state index contributed by atoms with van der Waals surface area (Å²) in [5.74, 6) is -0.688. The van der Waals surface area contributed by atoms with Gasteiger partial charge >= 0.3 is 7.12 Å². The second-order valence-electron chi connectivity index (χ2n) is 2.82. The highest BCUT2D eigenvalue weighted by Gasteiger charge is 2.32.